The van der Waals surface area contributed by atoms with Crippen LogP contribution in [-0.4, -0.2) is 36.2 Å². The average molecular weight is 331 g/mol. The molecule has 1 aromatic carbocycles. The van der Waals surface area contributed by atoms with Gasteiger partial charge in [0.15, 0.2) is 6.54 Å². The summed E-state index contributed by atoms with van der Waals surface area (Å²) >= 11 is 0. The molecule has 3 N–H and O–H groups in total. The first-order valence-corrected chi connectivity index (χ1v) is 9.50. The molecule has 0 aromatic heterocycles. The van der Waals surface area contributed by atoms with Gasteiger partial charge in [0, 0.05) is 11.5 Å². The van der Waals surface area contributed by atoms with Gasteiger partial charge in [0.25, 0.3) is 5.91 Å². The smallest absolute Gasteiger partial charge is 0.275 e. The van der Waals surface area contributed by atoms with Gasteiger partial charge in [0.1, 0.15) is 5.75 Å². The Hall–Kier alpha value is -1.55. The summed E-state index contributed by atoms with van der Waals surface area (Å²) in [6.07, 6.45) is 8.30. The molecule has 2 atom stereocenters. The minimum absolute atomic E-state index is 0.179. The molecule has 1 aliphatic carbocycles. The summed E-state index contributed by atoms with van der Waals surface area (Å²) in [6, 6.07) is 7.52. The van der Waals surface area contributed by atoms with E-state index in [1.807, 2.05) is 12.1 Å². The van der Waals surface area contributed by atoms with Crippen LogP contribution < -0.4 is 10.2 Å². The van der Waals surface area contributed by atoms with Gasteiger partial charge in [-0.15, -0.1) is 0 Å². The van der Waals surface area contributed by atoms with E-state index in [1.165, 1.54) is 42.6 Å². The number of piperidine rings is 1. The standard InChI is InChI=1S/C20H30N2O2/c1-20(21-19(24)15-22-13-5-2-6-14-22)12-4-3-7-18(20)16-8-10-17(23)11-9-16/h8-11,18,23H,2-7,12-15H2,1H3,(H,21,24)/p+1/t18-,20+/m1/s1. The van der Waals surface area contributed by atoms with Crippen LogP contribution in [0, 0.1) is 0 Å². The number of nitrogens with one attached hydrogen (secondary N) is 2. The van der Waals surface area contributed by atoms with E-state index >= 15 is 0 Å². The van der Waals surface area contributed by atoms with E-state index in [0.29, 0.717) is 18.2 Å². The van der Waals surface area contributed by atoms with E-state index in [2.05, 4.69) is 12.2 Å². The fourth-order valence-electron chi connectivity index (χ4n) is 4.54. The van der Waals surface area contributed by atoms with Gasteiger partial charge in [-0.1, -0.05) is 25.0 Å². The molecule has 0 unspecified atom stereocenters. The second-order valence-corrected chi connectivity index (χ2v) is 7.84. The van der Waals surface area contributed by atoms with Gasteiger partial charge in [-0.05, 0) is 56.7 Å². The monoisotopic (exact) mass is 331 g/mol. The predicted molar refractivity (Wildman–Crippen MR) is 95.3 cm³/mol. The van der Waals surface area contributed by atoms with Crippen molar-refractivity contribution in [3.8, 4) is 5.75 Å². The van der Waals surface area contributed by atoms with Crippen LogP contribution >= 0.6 is 0 Å². The maximum atomic E-state index is 12.6. The molecule has 3 rings (SSSR count). The Morgan fingerprint density at radius 2 is 1.88 bits per heavy atom. The third-order valence-corrected chi connectivity index (χ3v) is 5.90. The van der Waals surface area contributed by atoms with Crippen molar-refractivity contribution in [3.05, 3.63) is 29.8 Å². The molecule has 1 heterocycles. The SMILES string of the molecule is C[C@]1(NC(=O)C[NH+]2CCCCC2)CCCC[C@@H]1c1ccc(O)cc1. The Balaban J connectivity index is 1.67. The van der Waals surface area contributed by atoms with Crippen LogP contribution in [0.4, 0.5) is 0 Å². The number of phenolic OH excluding ortho intramolecular Hbond substituents is 1. The minimum atomic E-state index is -0.179. The van der Waals surface area contributed by atoms with Gasteiger partial charge in [0.2, 0.25) is 0 Å². The van der Waals surface area contributed by atoms with Crippen LogP contribution in [-0.2, 0) is 4.79 Å². The lowest BCUT2D eigenvalue weighted by Crippen LogP contribution is -3.14. The molecule has 1 saturated heterocycles. The molecule has 0 radical (unpaired) electrons. The number of hydrogen-bond acceptors (Lipinski definition) is 2. The van der Waals surface area contributed by atoms with Gasteiger partial charge in [0.05, 0.1) is 13.1 Å². The number of aromatic hydroxyl groups is 1. The molecule has 132 valence electrons. The van der Waals surface area contributed by atoms with Gasteiger partial charge in [-0.3, -0.25) is 4.79 Å². The second kappa shape index (κ2) is 7.56. The van der Waals surface area contributed by atoms with E-state index in [4.69, 9.17) is 0 Å². The summed E-state index contributed by atoms with van der Waals surface area (Å²) < 4.78 is 0. The lowest BCUT2D eigenvalue weighted by molar-refractivity contribution is -0.896. The highest BCUT2D eigenvalue weighted by atomic mass is 16.3. The predicted octanol–water partition coefficient (Wildman–Crippen LogP) is 1.99. The van der Waals surface area contributed by atoms with Crippen molar-refractivity contribution in [1.29, 1.82) is 0 Å². The van der Waals surface area contributed by atoms with Crippen molar-refractivity contribution in [2.24, 2.45) is 0 Å². The fourth-order valence-corrected chi connectivity index (χ4v) is 4.54. The number of quaternary nitrogens is 1. The van der Waals surface area contributed by atoms with Gasteiger partial charge >= 0.3 is 0 Å². The maximum absolute atomic E-state index is 12.6. The number of amides is 1. The zero-order valence-electron chi connectivity index (χ0n) is 14.8. The molecule has 1 aliphatic heterocycles. The van der Waals surface area contributed by atoms with Crippen molar-refractivity contribution >= 4 is 5.91 Å². The van der Waals surface area contributed by atoms with E-state index in [9.17, 15) is 9.90 Å². The van der Waals surface area contributed by atoms with E-state index in [-0.39, 0.29) is 11.4 Å². The molecule has 2 aliphatic rings. The Morgan fingerprint density at radius 1 is 1.17 bits per heavy atom. The lowest BCUT2D eigenvalue weighted by Gasteiger charge is -2.42. The summed E-state index contributed by atoms with van der Waals surface area (Å²) in [6.45, 7) is 5.07. The minimum Gasteiger partial charge on any atom is -0.508 e. The summed E-state index contributed by atoms with van der Waals surface area (Å²) in [5.74, 6) is 0.821. The summed E-state index contributed by atoms with van der Waals surface area (Å²) in [5.41, 5.74) is 1.04. The lowest BCUT2D eigenvalue weighted by atomic mass is 9.70. The molecule has 4 heteroatoms. The van der Waals surface area contributed by atoms with Crippen LogP contribution in [0.15, 0.2) is 24.3 Å². The van der Waals surface area contributed by atoms with Crippen molar-refractivity contribution < 1.29 is 14.8 Å². The summed E-state index contributed by atoms with van der Waals surface area (Å²) in [7, 11) is 0. The van der Waals surface area contributed by atoms with Crippen LogP contribution in [0.1, 0.15) is 63.4 Å². The first-order chi connectivity index (χ1) is 11.6. The third kappa shape index (κ3) is 4.10. The normalized spacial score (nSPS) is 28.5. The number of hydrogen-bond donors (Lipinski definition) is 3. The summed E-state index contributed by atoms with van der Waals surface area (Å²) in [5, 5.41) is 12.9. The first-order valence-electron chi connectivity index (χ1n) is 9.50. The number of likely N-dealkylation sites (tertiary alicyclic amines) is 1. The van der Waals surface area contributed by atoms with Gasteiger partial charge < -0.3 is 15.3 Å². The zero-order valence-corrected chi connectivity index (χ0v) is 14.8. The molecule has 1 amide bonds. The number of benzene rings is 1. The largest absolute Gasteiger partial charge is 0.508 e. The van der Waals surface area contributed by atoms with Crippen molar-refractivity contribution in [2.75, 3.05) is 19.6 Å². The topological polar surface area (TPSA) is 53.8 Å². The number of carbonyl (C=O) groups excluding carboxylic acids is 1. The molecule has 1 saturated carbocycles. The highest BCUT2D eigenvalue weighted by Crippen LogP contribution is 2.41. The van der Waals surface area contributed by atoms with Crippen LogP contribution in [0.3, 0.4) is 0 Å². The Labute approximate surface area is 145 Å². The van der Waals surface area contributed by atoms with E-state index in [0.717, 1.165) is 25.9 Å². The van der Waals surface area contributed by atoms with E-state index in [1.54, 1.807) is 12.1 Å². The Kier molecular flexibility index (Phi) is 5.44. The first kappa shape index (κ1) is 17.3. The molecule has 0 spiro atoms. The van der Waals surface area contributed by atoms with Gasteiger partial charge in [-0.2, -0.15) is 0 Å². The molecular weight excluding hydrogens is 300 g/mol. The van der Waals surface area contributed by atoms with Gasteiger partial charge in [-0.25, -0.2) is 0 Å². The molecule has 2 fully saturated rings. The highest BCUT2D eigenvalue weighted by Gasteiger charge is 2.39. The summed E-state index contributed by atoms with van der Waals surface area (Å²) in [4.78, 5) is 14.1. The second-order valence-electron chi connectivity index (χ2n) is 7.84. The average Bonchev–Trinajstić information content (AvgIpc) is 2.57. The molecule has 24 heavy (non-hydrogen) atoms. The third-order valence-electron chi connectivity index (χ3n) is 5.90. The Morgan fingerprint density at radius 3 is 2.58 bits per heavy atom. The number of rotatable bonds is 4. The highest BCUT2D eigenvalue weighted by molar-refractivity contribution is 5.78. The van der Waals surface area contributed by atoms with Crippen molar-refractivity contribution in [3.63, 3.8) is 0 Å². The van der Waals surface area contributed by atoms with Crippen LogP contribution in [0.25, 0.3) is 0 Å². The number of phenols is 1. The van der Waals surface area contributed by atoms with Crippen molar-refractivity contribution in [2.45, 2.75) is 63.3 Å². The van der Waals surface area contributed by atoms with Crippen molar-refractivity contribution in [1.82, 2.24) is 5.32 Å². The van der Waals surface area contributed by atoms with Crippen LogP contribution in [0.2, 0.25) is 0 Å². The molecule has 0 bridgehead atoms. The molecular formula is C20H31N2O2+. The fraction of sp³-hybridized carbons (Fsp3) is 0.650. The van der Waals surface area contributed by atoms with E-state index < -0.39 is 0 Å². The van der Waals surface area contributed by atoms with Crippen LogP contribution in [0.5, 0.6) is 5.75 Å². The zero-order chi connectivity index (χ0) is 17.0. The molecule has 4 nitrogen and oxygen atoms in total. The molecule has 1 aromatic rings. The number of carbonyl (C=O) groups is 1. The quantitative estimate of drug-likeness (QED) is 0.790. The Bertz CT molecular complexity index is 551. The maximum Gasteiger partial charge on any atom is 0.275 e.